The fourth-order valence-corrected chi connectivity index (χ4v) is 6.03. The van der Waals surface area contributed by atoms with Crippen molar-refractivity contribution in [2.75, 3.05) is 66.1 Å². The molecule has 0 amide bonds. The molecule has 1 aromatic heterocycles. The molecule has 0 radical (unpaired) electrons. The third-order valence-corrected chi connectivity index (χ3v) is 7.98. The number of piperazine rings is 1. The van der Waals surface area contributed by atoms with Gasteiger partial charge in [0, 0.05) is 57.6 Å². The van der Waals surface area contributed by atoms with Gasteiger partial charge in [-0.1, -0.05) is 38.1 Å². The fourth-order valence-electron chi connectivity index (χ4n) is 5.86. The van der Waals surface area contributed by atoms with Crippen molar-refractivity contribution >= 4 is 40.6 Å². The molecule has 10 heteroatoms. The SMILES string of the molecule is C[C@@H]1C[C@@H](C)CN(c2cc(N3CCN(c4ccccc4)CC3)nc(NC(=S)NCc3ccc4c(c3)OCO4)n2)C1. The Kier molecular flexibility index (Phi) is 7.77. The highest BCUT2D eigenvalue weighted by molar-refractivity contribution is 7.80. The lowest BCUT2D eigenvalue weighted by Crippen LogP contribution is -2.47. The van der Waals surface area contributed by atoms with Crippen LogP contribution in [0.5, 0.6) is 11.5 Å². The van der Waals surface area contributed by atoms with Crippen LogP contribution in [-0.2, 0) is 6.54 Å². The molecule has 2 atom stereocenters. The number of hydrogen-bond donors (Lipinski definition) is 2. The lowest BCUT2D eigenvalue weighted by Gasteiger charge is -2.38. The third kappa shape index (κ3) is 6.17. The highest BCUT2D eigenvalue weighted by Crippen LogP contribution is 2.32. The molecule has 0 unspecified atom stereocenters. The number of fused-ring (bicyclic) bond motifs is 1. The Bertz CT molecular complexity index is 1320. The summed E-state index contributed by atoms with van der Waals surface area (Å²) in [6.07, 6.45) is 1.24. The summed E-state index contributed by atoms with van der Waals surface area (Å²) < 4.78 is 10.9. The summed E-state index contributed by atoms with van der Waals surface area (Å²) in [7, 11) is 0. The van der Waals surface area contributed by atoms with E-state index < -0.39 is 0 Å². The first kappa shape index (κ1) is 26.4. The van der Waals surface area contributed by atoms with Crippen molar-refractivity contribution in [3.8, 4) is 11.5 Å². The minimum absolute atomic E-state index is 0.262. The third-order valence-electron chi connectivity index (χ3n) is 7.73. The molecule has 0 saturated carbocycles. The smallest absolute Gasteiger partial charge is 0.232 e. The second-order valence-electron chi connectivity index (χ2n) is 11.1. The summed E-state index contributed by atoms with van der Waals surface area (Å²) in [5.74, 6) is 5.19. The number of ether oxygens (including phenoxy) is 2. The van der Waals surface area contributed by atoms with Crippen molar-refractivity contribution in [3.05, 3.63) is 60.2 Å². The number of anilines is 4. The molecule has 2 saturated heterocycles. The molecule has 210 valence electrons. The second-order valence-corrected chi connectivity index (χ2v) is 11.5. The molecule has 0 aliphatic carbocycles. The van der Waals surface area contributed by atoms with Crippen molar-refractivity contribution in [1.29, 1.82) is 0 Å². The molecule has 2 aromatic carbocycles. The van der Waals surface area contributed by atoms with Crippen LogP contribution in [-0.4, -0.2) is 61.1 Å². The van der Waals surface area contributed by atoms with Crippen LogP contribution >= 0.6 is 12.2 Å². The van der Waals surface area contributed by atoms with Crippen molar-refractivity contribution in [2.24, 2.45) is 11.8 Å². The molecule has 0 spiro atoms. The van der Waals surface area contributed by atoms with E-state index in [1.54, 1.807) is 0 Å². The molecule has 3 aromatic rings. The Balaban J connectivity index is 1.17. The van der Waals surface area contributed by atoms with Gasteiger partial charge in [0.15, 0.2) is 16.6 Å². The predicted octanol–water partition coefficient (Wildman–Crippen LogP) is 4.50. The summed E-state index contributed by atoms with van der Waals surface area (Å²) in [6.45, 7) is 11.1. The van der Waals surface area contributed by atoms with Gasteiger partial charge in [0.25, 0.3) is 0 Å². The molecule has 2 N–H and O–H groups in total. The molecule has 9 nitrogen and oxygen atoms in total. The van der Waals surface area contributed by atoms with Crippen LogP contribution in [0.3, 0.4) is 0 Å². The molecule has 40 heavy (non-hydrogen) atoms. The average molecular weight is 560 g/mol. The zero-order valence-electron chi connectivity index (χ0n) is 23.2. The van der Waals surface area contributed by atoms with Gasteiger partial charge < -0.3 is 34.8 Å². The van der Waals surface area contributed by atoms with E-state index in [4.69, 9.17) is 31.7 Å². The molecular weight excluding hydrogens is 522 g/mol. The van der Waals surface area contributed by atoms with Crippen molar-refractivity contribution in [2.45, 2.75) is 26.8 Å². The molecule has 3 aliphatic heterocycles. The maximum Gasteiger partial charge on any atom is 0.232 e. The van der Waals surface area contributed by atoms with Crippen LogP contribution in [0.25, 0.3) is 0 Å². The van der Waals surface area contributed by atoms with Crippen LogP contribution in [0.2, 0.25) is 0 Å². The van der Waals surface area contributed by atoms with Crippen LogP contribution in [0.4, 0.5) is 23.3 Å². The minimum atomic E-state index is 0.262. The number of thiocarbonyl (C=S) groups is 1. The molecule has 3 aliphatic rings. The van der Waals surface area contributed by atoms with Crippen LogP contribution < -0.4 is 34.8 Å². The van der Waals surface area contributed by atoms with Gasteiger partial charge in [0.05, 0.1) is 0 Å². The Morgan fingerprint density at radius 1 is 0.850 bits per heavy atom. The lowest BCUT2D eigenvalue weighted by molar-refractivity contribution is 0.174. The maximum atomic E-state index is 5.65. The number of hydrogen-bond acceptors (Lipinski definition) is 8. The van der Waals surface area contributed by atoms with E-state index in [1.807, 2.05) is 18.2 Å². The fraction of sp³-hybridized carbons (Fsp3) is 0.433. The van der Waals surface area contributed by atoms with Crippen molar-refractivity contribution in [1.82, 2.24) is 15.3 Å². The van der Waals surface area contributed by atoms with Gasteiger partial charge in [-0.05, 0) is 60.3 Å². The van der Waals surface area contributed by atoms with E-state index in [9.17, 15) is 0 Å². The number of benzene rings is 2. The standard InChI is InChI=1S/C30H37N7O2S/c1-21-14-22(2)19-37(18-21)28-16-27(36-12-10-35(11-13-36)24-6-4-3-5-7-24)32-29(33-28)34-30(40)31-17-23-8-9-25-26(15-23)39-20-38-25/h3-9,15-16,21-22H,10-14,17-20H2,1-2H3,(H2,31,32,33,34,40)/t21-,22-/m1/s1. The average Bonchev–Trinajstić information content (AvgIpc) is 3.44. The van der Waals surface area contributed by atoms with E-state index in [-0.39, 0.29) is 6.79 Å². The van der Waals surface area contributed by atoms with Gasteiger partial charge >= 0.3 is 0 Å². The van der Waals surface area contributed by atoms with Crippen LogP contribution in [0.15, 0.2) is 54.6 Å². The van der Waals surface area contributed by atoms with Gasteiger partial charge in [-0.15, -0.1) is 0 Å². The summed E-state index contributed by atoms with van der Waals surface area (Å²) in [4.78, 5) is 17.0. The minimum Gasteiger partial charge on any atom is -0.454 e. The van der Waals surface area contributed by atoms with Gasteiger partial charge in [0.1, 0.15) is 11.6 Å². The number of aromatic nitrogens is 2. The number of piperidine rings is 1. The van der Waals surface area contributed by atoms with E-state index in [0.717, 1.165) is 68.0 Å². The summed E-state index contributed by atoms with van der Waals surface area (Å²) >= 11 is 5.65. The number of para-hydroxylation sites is 1. The zero-order chi connectivity index (χ0) is 27.5. The number of nitrogens with one attached hydrogen (secondary N) is 2. The highest BCUT2D eigenvalue weighted by atomic mass is 32.1. The summed E-state index contributed by atoms with van der Waals surface area (Å²) in [5, 5.41) is 7.03. The first-order valence-electron chi connectivity index (χ1n) is 14.1. The van der Waals surface area contributed by atoms with Crippen molar-refractivity contribution in [3.63, 3.8) is 0 Å². The second kappa shape index (κ2) is 11.8. The van der Waals surface area contributed by atoms with Crippen LogP contribution in [0, 0.1) is 11.8 Å². The Hall–Kier alpha value is -3.79. The summed E-state index contributed by atoms with van der Waals surface area (Å²) in [5.41, 5.74) is 2.32. The van der Waals surface area contributed by atoms with E-state index in [0.29, 0.717) is 29.4 Å². The topological polar surface area (TPSA) is 78.0 Å². The molecule has 4 heterocycles. The summed E-state index contributed by atoms with van der Waals surface area (Å²) in [6, 6.07) is 18.7. The lowest BCUT2D eigenvalue weighted by atomic mass is 9.92. The first-order valence-corrected chi connectivity index (χ1v) is 14.5. The van der Waals surface area contributed by atoms with Gasteiger partial charge in [-0.25, -0.2) is 0 Å². The number of nitrogens with zero attached hydrogens (tertiary/aromatic N) is 5. The first-order chi connectivity index (χ1) is 19.5. The van der Waals surface area contributed by atoms with Gasteiger partial charge in [-0.2, -0.15) is 9.97 Å². The van der Waals surface area contributed by atoms with Crippen LogP contribution in [0.1, 0.15) is 25.8 Å². The zero-order valence-corrected chi connectivity index (χ0v) is 24.0. The molecular formula is C30H37N7O2S. The molecule has 2 fully saturated rings. The molecule has 0 bridgehead atoms. The van der Waals surface area contributed by atoms with Crippen molar-refractivity contribution < 1.29 is 9.47 Å². The van der Waals surface area contributed by atoms with Gasteiger partial charge in [0.2, 0.25) is 12.7 Å². The predicted molar refractivity (Wildman–Crippen MR) is 164 cm³/mol. The van der Waals surface area contributed by atoms with Gasteiger partial charge in [-0.3, -0.25) is 0 Å². The quantitative estimate of drug-likeness (QED) is 0.422. The maximum absolute atomic E-state index is 5.65. The van der Waals surface area contributed by atoms with E-state index in [1.165, 1.54) is 12.1 Å². The van der Waals surface area contributed by atoms with E-state index >= 15 is 0 Å². The monoisotopic (exact) mass is 559 g/mol. The molecule has 6 rings (SSSR count). The van der Waals surface area contributed by atoms with E-state index in [2.05, 4.69) is 75.6 Å². The largest absolute Gasteiger partial charge is 0.454 e. The highest BCUT2D eigenvalue weighted by Gasteiger charge is 2.26. The Morgan fingerprint density at radius 3 is 2.27 bits per heavy atom. The Morgan fingerprint density at radius 2 is 1.52 bits per heavy atom. The Labute approximate surface area is 241 Å². The normalized spacial score (nSPS) is 20.4. The number of rotatable bonds is 6.